The molecule has 0 saturated carbocycles. The lowest BCUT2D eigenvalue weighted by atomic mass is 10.4. The van der Waals surface area contributed by atoms with Crippen LogP contribution in [0, 0.1) is 0 Å². The molecule has 0 bridgehead atoms. The molecule has 1 N–H and O–H groups in total. The Balaban J connectivity index is 1.75. The average molecular weight is 285 g/mol. The molecule has 0 aliphatic heterocycles. The van der Waals surface area contributed by atoms with Gasteiger partial charge in [0.1, 0.15) is 11.5 Å². The number of carbonyl (C=O) groups is 1. The summed E-state index contributed by atoms with van der Waals surface area (Å²) in [5.41, 5.74) is 0.274. The number of hydrogen-bond acceptors (Lipinski definition) is 5. The SMILES string of the molecule is O=C(Nc1ccnn1Cc1cccs1)c1cnccn1. The van der Waals surface area contributed by atoms with Gasteiger partial charge in [0.05, 0.1) is 18.9 Å². The van der Waals surface area contributed by atoms with Crippen molar-refractivity contribution in [1.29, 1.82) is 0 Å². The summed E-state index contributed by atoms with van der Waals surface area (Å²) >= 11 is 1.65. The van der Waals surface area contributed by atoms with Crippen molar-refractivity contribution < 1.29 is 4.79 Å². The number of rotatable bonds is 4. The molecule has 0 aliphatic rings. The Morgan fingerprint density at radius 1 is 1.30 bits per heavy atom. The van der Waals surface area contributed by atoms with Gasteiger partial charge in [0, 0.05) is 23.3 Å². The van der Waals surface area contributed by atoms with E-state index in [-0.39, 0.29) is 11.6 Å². The molecule has 0 unspecified atom stereocenters. The Hall–Kier alpha value is -2.54. The van der Waals surface area contributed by atoms with Crippen molar-refractivity contribution in [2.24, 2.45) is 0 Å². The molecule has 1 amide bonds. The van der Waals surface area contributed by atoms with E-state index < -0.39 is 0 Å². The second-order valence-electron chi connectivity index (χ2n) is 4.00. The van der Waals surface area contributed by atoms with E-state index in [0.717, 1.165) is 0 Å². The van der Waals surface area contributed by atoms with Crippen molar-refractivity contribution in [3.05, 3.63) is 58.9 Å². The van der Waals surface area contributed by atoms with Gasteiger partial charge in [0.15, 0.2) is 0 Å². The van der Waals surface area contributed by atoms with Crippen LogP contribution >= 0.6 is 11.3 Å². The van der Waals surface area contributed by atoms with E-state index in [9.17, 15) is 4.79 Å². The van der Waals surface area contributed by atoms with Gasteiger partial charge in [-0.1, -0.05) is 6.07 Å². The van der Waals surface area contributed by atoms with E-state index in [0.29, 0.717) is 12.4 Å². The van der Waals surface area contributed by atoms with Crippen LogP contribution in [0.3, 0.4) is 0 Å². The van der Waals surface area contributed by atoms with Crippen molar-refractivity contribution in [2.75, 3.05) is 5.32 Å². The highest BCUT2D eigenvalue weighted by atomic mass is 32.1. The van der Waals surface area contributed by atoms with Crippen molar-refractivity contribution in [3.63, 3.8) is 0 Å². The number of nitrogens with zero attached hydrogens (tertiary/aromatic N) is 4. The van der Waals surface area contributed by atoms with Crippen LogP contribution in [0.4, 0.5) is 5.82 Å². The summed E-state index contributed by atoms with van der Waals surface area (Å²) in [4.78, 5) is 21.0. The first-order valence-corrected chi connectivity index (χ1v) is 6.82. The molecule has 3 rings (SSSR count). The van der Waals surface area contributed by atoms with E-state index in [1.54, 1.807) is 28.3 Å². The van der Waals surface area contributed by atoms with Gasteiger partial charge in [-0.3, -0.25) is 9.78 Å². The first-order valence-electron chi connectivity index (χ1n) is 5.94. The standard InChI is InChI=1S/C13H11N5OS/c19-13(11-8-14-5-6-15-11)17-12-3-4-16-18(12)9-10-2-1-7-20-10/h1-8H,9H2,(H,17,19). The summed E-state index contributed by atoms with van der Waals surface area (Å²) in [6.45, 7) is 0.626. The highest BCUT2D eigenvalue weighted by Crippen LogP contribution is 2.14. The summed E-state index contributed by atoms with van der Waals surface area (Å²) in [5, 5.41) is 9.00. The molecule has 0 atom stereocenters. The Kier molecular flexibility index (Phi) is 3.51. The number of aromatic nitrogens is 4. The quantitative estimate of drug-likeness (QED) is 0.796. The predicted octanol–water partition coefficient (Wildman–Crippen LogP) is 2.04. The molecule has 6 nitrogen and oxygen atoms in total. The summed E-state index contributed by atoms with van der Waals surface area (Å²) in [5.74, 6) is 0.333. The highest BCUT2D eigenvalue weighted by Gasteiger charge is 2.11. The monoisotopic (exact) mass is 285 g/mol. The highest BCUT2D eigenvalue weighted by molar-refractivity contribution is 7.09. The fourth-order valence-electron chi connectivity index (χ4n) is 1.71. The van der Waals surface area contributed by atoms with E-state index in [2.05, 4.69) is 20.4 Å². The van der Waals surface area contributed by atoms with Crippen molar-refractivity contribution >= 4 is 23.1 Å². The molecule has 3 aromatic rings. The number of anilines is 1. The zero-order valence-electron chi connectivity index (χ0n) is 10.4. The molecule has 20 heavy (non-hydrogen) atoms. The molecule has 0 saturated heterocycles. The lowest BCUT2D eigenvalue weighted by Crippen LogP contribution is -2.17. The van der Waals surface area contributed by atoms with Crippen LogP contribution in [0.1, 0.15) is 15.4 Å². The Bertz CT molecular complexity index is 693. The second-order valence-corrected chi connectivity index (χ2v) is 5.03. The smallest absolute Gasteiger partial charge is 0.277 e. The van der Waals surface area contributed by atoms with Gasteiger partial charge in [-0.25, -0.2) is 9.67 Å². The minimum absolute atomic E-state index is 0.274. The minimum Gasteiger partial charge on any atom is -0.305 e. The van der Waals surface area contributed by atoms with Crippen LogP contribution in [0.5, 0.6) is 0 Å². The number of amides is 1. The molecule has 0 aliphatic carbocycles. The molecule has 0 aromatic carbocycles. The third-order valence-electron chi connectivity index (χ3n) is 2.64. The van der Waals surface area contributed by atoms with Gasteiger partial charge in [-0.2, -0.15) is 5.10 Å². The zero-order valence-corrected chi connectivity index (χ0v) is 11.2. The number of hydrogen-bond donors (Lipinski definition) is 1. The number of thiophene rings is 1. The van der Waals surface area contributed by atoms with Crippen LogP contribution in [0.25, 0.3) is 0 Å². The van der Waals surface area contributed by atoms with Crippen LogP contribution in [0.2, 0.25) is 0 Å². The van der Waals surface area contributed by atoms with E-state index in [4.69, 9.17) is 0 Å². The van der Waals surface area contributed by atoms with Gasteiger partial charge in [-0.05, 0) is 11.4 Å². The van der Waals surface area contributed by atoms with Gasteiger partial charge in [-0.15, -0.1) is 11.3 Å². The fraction of sp³-hybridized carbons (Fsp3) is 0.0769. The maximum atomic E-state index is 12.0. The van der Waals surface area contributed by atoms with Crippen molar-refractivity contribution in [2.45, 2.75) is 6.54 Å². The van der Waals surface area contributed by atoms with Crippen LogP contribution in [0.15, 0.2) is 48.4 Å². The Morgan fingerprint density at radius 3 is 3.00 bits per heavy atom. The minimum atomic E-state index is -0.300. The molecule has 3 heterocycles. The molecule has 0 fully saturated rings. The lowest BCUT2D eigenvalue weighted by molar-refractivity contribution is 0.102. The predicted molar refractivity (Wildman–Crippen MR) is 75.6 cm³/mol. The third-order valence-corrected chi connectivity index (χ3v) is 3.50. The third kappa shape index (κ3) is 2.72. The molecule has 3 aromatic heterocycles. The Labute approximate surface area is 119 Å². The Morgan fingerprint density at radius 2 is 2.25 bits per heavy atom. The maximum Gasteiger partial charge on any atom is 0.277 e. The van der Waals surface area contributed by atoms with Crippen LogP contribution in [-0.2, 0) is 6.54 Å². The summed E-state index contributed by atoms with van der Waals surface area (Å²) in [7, 11) is 0. The van der Waals surface area contributed by atoms with Crippen LogP contribution < -0.4 is 5.32 Å². The largest absolute Gasteiger partial charge is 0.305 e. The summed E-state index contributed by atoms with van der Waals surface area (Å²) < 4.78 is 1.74. The molecular formula is C13H11N5OS. The average Bonchev–Trinajstić information content (AvgIpc) is 3.13. The normalized spacial score (nSPS) is 10.4. The van der Waals surface area contributed by atoms with E-state index >= 15 is 0 Å². The first kappa shape index (κ1) is 12.5. The van der Waals surface area contributed by atoms with E-state index in [1.807, 2.05) is 17.5 Å². The van der Waals surface area contributed by atoms with Crippen molar-refractivity contribution in [3.8, 4) is 0 Å². The maximum absolute atomic E-state index is 12.0. The van der Waals surface area contributed by atoms with Crippen molar-refractivity contribution in [1.82, 2.24) is 19.7 Å². The van der Waals surface area contributed by atoms with Gasteiger partial charge < -0.3 is 5.32 Å². The van der Waals surface area contributed by atoms with Crippen LogP contribution in [-0.4, -0.2) is 25.7 Å². The first-order chi connectivity index (χ1) is 9.83. The molecule has 100 valence electrons. The molecule has 7 heteroatoms. The second kappa shape index (κ2) is 5.62. The molecule has 0 radical (unpaired) electrons. The fourth-order valence-corrected chi connectivity index (χ4v) is 2.40. The number of carbonyl (C=O) groups excluding carboxylic acids is 1. The van der Waals surface area contributed by atoms with Gasteiger partial charge >= 0.3 is 0 Å². The zero-order chi connectivity index (χ0) is 13.8. The molecular weight excluding hydrogens is 274 g/mol. The molecule has 0 spiro atoms. The topological polar surface area (TPSA) is 72.7 Å². The summed E-state index contributed by atoms with van der Waals surface area (Å²) in [6.07, 6.45) is 6.09. The van der Waals surface area contributed by atoms with Gasteiger partial charge in [0.25, 0.3) is 5.91 Å². The lowest BCUT2D eigenvalue weighted by Gasteiger charge is -2.07. The van der Waals surface area contributed by atoms with E-state index in [1.165, 1.54) is 23.5 Å². The number of nitrogens with one attached hydrogen (secondary N) is 1. The van der Waals surface area contributed by atoms with Gasteiger partial charge in [0.2, 0.25) is 0 Å². The summed E-state index contributed by atoms with van der Waals surface area (Å²) in [6, 6.07) is 5.77.